The second-order valence-electron chi connectivity index (χ2n) is 4.78. The number of aromatic hydroxyl groups is 1. The van der Waals surface area contributed by atoms with Crippen molar-refractivity contribution >= 4 is 5.57 Å². The second-order valence-corrected chi connectivity index (χ2v) is 4.78. The fourth-order valence-corrected chi connectivity index (χ4v) is 2.00. The molecular weight excluding hydrogens is 248 g/mol. The van der Waals surface area contributed by atoms with Crippen molar-refractivity contribution in [1.82, 2.24) is 0 Å². The normalized spacial score (nSPS) is 12.8. The molecule has 1 rings (SSSR count). The van der Waals surface area contributed by atoms with Crippen LogP contribution in [0.2, 0.25) is 0 Å². The van der Waals surface area contributed by atoms with Gasteiger partial charge < -0.3 is 10.2 Å². The molecule has 0 radical (unpaired) electrons. The topological polar surface area (TPSA) is 40.5 Å². The largest absolute Gasteiger partial charge is 0.512 e. The number of allylic oxidation sites excluding steroid dienone is 6. The monoisotopic (exact) mass is 270 g/mol. The predicted molar refractivity (Wildman–Crippen MR) is 85.8 cm³/mol. The maximum Gasteiger partial charge on any atom is 0.123 e. The summed E-state index contributed by atoms with van der Waals surface area (Å²) in [5.41, 5.74) is 3.56. The first-order valence-electron chi connectivity index (χ1n) is 6.60. The van der Waals surface area contributed by atoms with Crippen LogP contribution in [0.1, 0.15) is 31.4 Å². The molecule has 1 aromatic rings. The number of phenols is 1. The zero-order valence-electron chi connectivity index (χ0n) is 12.2. The molecule has 106 valence electrons. The summed E-state index contributed by atoms with van der Waals surface area (Å²) in [7, 11) is 0. The van der Waals surface area contributed by atoms with Crippen molar-refractivity contribution < 1.29 is 10.2 Å². The van der Waals surface area contributed by atoms with Gasteiger partial charge in [0, 0.05) is 5.56 Å². The minimum atomic E-state index is 0.236. The summed E-state index contributed by atoms with van der Waals surface area (Å²) in [5.74, 6) is 0.506. The lowest BCUT2D eigenvalue weighted by Crippen LogP contribution is -1.89. The molecule has 0 heterocycles. The van der Waals surface area contributed by atoms with E-state index in [-0.39, 0.29) is 11.5 Å². The van der Waals surface area contributed by atoms with Gasteiger partial charge in [0.2, 0.25) is 0 Å². The zero-order valence-corrected chi connectivity index (χ0v) is 12.2. The van der Waals surface area contributed by atoms with Crippen LogP contribution >= 0.6 is 0 Å². The highest BCUT2D eigenvalue weighted by Crippen LogP contribution is 2.28. The van der Waals surface area contributed by atoms with E-state index in [0.717, 1.165) is 28.7 Å². The maximum absolute atomic E-state index is 9.99. The van der Waals surface area contributed by atoms with Crippen LogP contribution in [0.15, 0.2) is 60.9 Å². The Morgan fingerprint density at radius 3 is 2.45 bits per heavy atom. The molecule has 0 bridgehead atoms. The lowest BCUT2D eigenvalue weighted by atomic mass is 9.98. The van der Waals surface area contributed by atoms with Gasteiger partial charge in [-0.25, -0.2) is 0 Å². The van der Waals surface area contributed by atoms with E-state index >= 15 is 0 Å². The van der Waals surface area contributed by atoms with Crippen LogP contribution in [-0.4, -0.2) is 10.2 Å². The van der Waals surface area contributed by atoms with Crippen LogP contribution in [0, 0.1) is 0 Å². The molecule has 0 fully saturated rings. The Labute approximate surface area is 121 Å². The first-order chi connectivity index (χ1) is 9.49. The molecule has 20 heavy (non-hydrogen) atoms. The number of rotatable bonds is 6. The number of benzene rings is 1. The Bertz CT molecular complexity index is 559. The van der Waals surface area contributed by atoms with E-state index in [1.54, 1.807) is 19.1 Å². The summed E-state index contributed by atoms with van der Waals surface area (Å²) >= 11 is 0. The highest BCUT2D eigenvalue weighted by molar-refractivity contribution is 5.71. The molecule has 2 heteroatoms. The Hall–Kier alpha value is -2.22. The van der Waals surface area contributed by atoms with Gasteiger partial charge in [-0.1, -0.05) is 24.3 Å². The molecule has 0 spiro atoms. The van der Waals surface area contributed by atoms with Crippen LogP contribution in [0.3, 0.4) is 0 Å². The number of hydrogen-bond acceptors (Lipinski definition) is 2. The smallest absolute Gasteiger partial charge is 0.123 e. The Balaban J connectivity index is 3.21. The van der Waals surface area contributed by atoms with Crippen molar-refractivity contribution in [1.29, 1.82) is 0 Å². The van der Waals surface area contributed by atoms with Gasteiger partial charge in [0.15, 0.2) is 0 Å². The van der Waals surface area contributed by atoms with Crippen molar-refractivity contribution in [2.24, 2.45) is 0 Å². The molecular formula is C18H22O2. The minimum absolute atomic E-state index is 0.236. The molecule has 0 aliphatic heterocycles. The van der Waals surface area contributed by atoms with E-state index in [0.29, 0.717) is 6.42 Å². The molecule has 0 saturated carbocycles. The molecule has 0 aliphatic rings. The molecule has 0 amide bonds. The summed E-state index contributed by atoms with van der Waals surface area (Å²) < 4.78 is 0. The average molecular weight is 270 g/mol. The molecule has 1 aromatic carbocycles. The second kappa shape index (κ2) is 7.39. The van der Waals surface area contributed by atoms with E-state index in [4.69, 9.17) is 0 Å². The summed E-state index contributed by atoms with van der Waals surface area (Å²) in [4.78, 5) is 0. The van der Waals surface area contributed by atoms with E-state index in [9.17, 15) is 10.2 Å². The van der Waals surface area contributed by atoms with Crippen molar-refractivity contribution in [3.63, 3.8) is 0 Å². The molecule has 0 aromatic heterocycles. The van der Waals surface area contributed by atoms with Crippen LogP contribution in [0.5, 0.6) is 5.75 Å². The fourth-order valence-electron chi connectivity index (χ4n) is 2.00. The van der Waals surface area contributed by atoms with E-state index < -0.39 is 0 Å². The highest BCUT2D eigenvalue weighted by atomic mass is 16.3. The first kappa shape index (κ1) is 15.8. The number of aliphatic hydroxyl groups is 1. The van der Waals surface area contributed by atoms with Gasteiger partial charge in [-0.3, -0.25) is 0 Å². The lowest BCUT2D eigenvalue weighted by Gasteiger charge is -2.09. The molecule has 0 unspecified atom stereocenters. The van der Waals surface area contributed by atoms with Gasteiger partial charge in [-0.15, -0.1) is 13.2 Å². The third-order valence-corrected chi connectivity index (χ3v) is 3.09. The quantitative estimate of drug-likeness (QED) is 0.437. The maximum atomic E-state index is 9.99. The van der Waals surface area contributed by atoms with Crippen molar-refractivity contribution in [2.75, 3.05) is 0 Å². The molecule has 0 aliphatic carbocycles. The van der Waals surface area contributed by atoms with Crippen molar-refractivity contribution in [3.05, 3.63) is 72.0 Å². The molecule has 0 saturated heterocycles. The standard InChI is InChI=1S/C18H22O2/c1-5-7-15-9-10-18(20)17(12-15)13(3)11-16(8-6-2)14(4)19/h5-6,9-12,19-20H,1-2,7-8H2,3-4H3/b13-11+,16-14+. The lowest BCUT2D eigenvalue weighted by molar-refractivity contribution is 0.408. The molecule has 2 N–H and O–H groups in total. The van der Waals surface area contributed by atoms with Crippen molar-refractivity contribution in [2.45, 2.75) is 26.7 Å². The first-order valence-corrected chi connectivity index (χ1v) is 6.60. The summed E-state index contributed by atoms with van der Waals surface area (Å²) in [5, 5.41) is 19.6. The average Bonchev–Trinajstić information content (AvgIpc) is 2.40. The van der Waals surface area contributed by atoms with Crippen LogP contribution in [-0.2, 0) is 6.42 Å². The van der Waals surface area contributed by atoms with Crippen LogP contribution in [0.4, 0.5) is 0 Å². The zero-order chi connectivity index (χ0) is 15.1. The third-order valence-electron chi connectivity index (χ3n) is 3.09. The van der Waals surface area contributed by atoms with Crippen LogP contribution < -0.4 is 0 Å². The van der Waals surface area contributed by atoms with Gasteiger partial charge in [0.25, 0.3) is 0 Å². The highest BCUT2D eigenvalue weighted by Gasteiger charge is 2.06. The van der Waals surface area contributed by atoms with Gasteiger partial charge >= 0.3 is 0 Å². The van der Waals surface area contributed by atoms with Gasteiger partial charge in [0.05, 0.1) is 5.76 Å². The Kier molecular flexibility index (Phi) is 5.85. The van der Waals surface area contributed by atoms with E-state index in [1.807, 2.05) is 31.2 Å². The van der Waals surface area contributed by atoms with E-state index in [1.165, 1.54) is 0 Å². The summed E-state index contributed by atoms with van der Waals surface area (Å²) in [6, 6.07) is 5.51. The minimum Gasteiger partial charge on any atom is -0.512 e. The van der Waals surface area contributed by atoms with Gasteiger partial charge in [-0.2, -0.15) is 0 Å². The number of aliphatic hydroxyl groups excluding tert-OH is 1. The molecule has 0 atom stereocenters. The summed E-state index contributed by atoms with van der Waals surface area (Å²) in [6.45, 7) is 11.0. The Morgan fingerprint density at radius 1 is 1.20 bits per heavy atom. The number of hydrogen-bond donors (Lipinski definition) is 2. The van der Waals surface area contributed by atoms with Crippen molar-refractivity contribution in [3.8, 4) is 5.75 Å². The number of phenolic OH excluding ortho intramolecular Hbond substituents is 1. The SMILES string of the molecule is C=CCC(/C=C(\C)c1cc(CC=C)ccc1O)=C(/C)O. The van der Waals surface area contributed by atoms with Crippen LogP contribution in [0.25, 0.3) is 5.57 Å². The fraction of sp³-hybridized carbons (Fsp3) is 0.222. The predicted octanol–water partition coefficient (Wildman–Crippen LogP) is 4.93. The third kappa shape index (κ3) is 4.16. The van der Waals surface area contributed by atoms with E-state index in [2.05, 4.69) is 13.2 Å². The van der Waals surface area contributed by atoms with Gasteiger partial charge in [-0.05, 0) is 55.5 Å². The molecule has 2 nitrogen and oxygen atoms in total. The van der Waals surface area contributed by atoms with Gasteiger partial charge in [0.1, 0.15) is 5.75 Å². The Morgan fingerprint density at radius 2 is 1.90 bits per heavy atom. The summed E-state index contributed by atoms with van der Waals surface area (Å²) in [6.07, 6.45) is 6.80.